The second-order valence-electron chi connectivity index (χ2n) is 5.84. The van der Waals surface area contributed by atoms with Crippen molar-refractivity contribution in [2.45, 2.75) is 36.7 Å². The van der Waals surface area contributed by atoms with E-state index < -0.39 is 50.1 Å². The molecule has 0 aromatic carbocycles. The van der Waals surface area contributed by atoms with E-state index in [1.807, 2.05) is 0 Å². The highest BCUT2D eigenvalue weighted by atomic mass is 79.9. The Morgan fingerprint density at radius 2 is 2.00 bits per heavy atom. The summed E-state index contributed by atoms with van der Waals surface area (Å²) in [4.78, 5) is 0.0201. The number of rotatable bonds is 2. The van der Waals surface area contributed by atoms with Crippen molar-refractivity contribution < 1.29 is 26.0 Å². The maximum Gasteiger partial charge on any atom is 0.391 e. The van der Waals surface area contributed by atoms with Crippen molar-refractivity contribution in [2.75, 3.05) is 5.75 Å². The first-order chi connectivity index (χ1) is 10.2. The number of nitrogens with one attached hydrogen (secondary N) is 2. The van der Waals surface area contributed by atoms with E-state index in [4.69, 9.17) is 5.41 Å². The summed E-state index contributed by atoms with van der Waals surface area (Å²) < 4.78 is 75.2. The van der Waals surface area contributed by atoms with Crippen LogP contribution in [0.25, 0.3) is 0 Å². The van der Waals surface area contributed by atoms with Crippen LogP contribution in [0, 0.1) is 11.2 Å². The molecule has 4 nitrogen and oxygen atoms in total. The van der Waals surface area contributed by atoms with E-state index in [2.05, 4.69) is 21.2 Å². The predicted molar refractivity (Wildman–Crippen MR) is 83.1 cm³/mol. The third-order valence-electron chi connectivity index (χ3n) is 3.79. The molecule has 1 aromatic heterocycles. The van der Waals surface area contributed by atoms with Crippen LogP contribution in [-0.4, -0.2) is 30.9 Å². The van der Waals surface area contributed by atoms with Crippen LogP contribution in [0.3, 0.4) is 0 Å². The van der Waals surface area contributed by atoms with Crippen LogP contribution in [0.1, 0.15) is 25.1 Å². The molecule has 1 aliphatic rings. The maximum atomic E-state index is 14.0. The quantitative estimate of drug-likeness (QED) is 0.696. The minimum Gasteiger partial charge on any atom is -0.361 e. The Hall–Kier alpha value is -0.680. The van der Waals surface area contributed by atoms with Crippen LogP contribution in [0.4, 0.5) is 17.6 Å². The van der Waals surface area contributed by atoms with Gasteiger partial charge >= 0.3 is 6.18 Å². The molecule has 130 valence electrons. The van der Waals surface area contributed by atoms with Gasteiger partial charge in [0.1, 0.15) is 16.4 Å². The van der Waals surface area contributed by atoms with Gasteiger partial charge in [-0.05, 0) is 35.8 Å². The summed E-state index contributed by atoms with van der Waals surface area (Å²) in [5.41, 5.74) is -1.50. The van der Waals surface area contributed by atoms with Gasteiger partial charge in [0.25, 0.3) is 0 Å². The molecule has 1 aliphatic heterocycles. The van der Waals surface area contributed by atoms with Gasteiger partial charge in [-0.2, -0.15) is 13.2 Å². The summed E-state index contributed by atoms with van der Waals surface area (Å²) in [6, 6.07) is 1.15. The lowest BCUT2D eigenvalue weighted by atomic mass is 9.97. The van der Waals surface area contributed by atoms with Gasteiger partial charge in [-0.25, -0.2) is 12.8 Å². The van der Waals surface area contributed by atoms with Gasteiger partial charge in [-0.15, -0.1) is 11.3 Å². The second-order valence-corrected chi connectivity index (χ2v) is 10.7. The predicted octanol–water partition coefficient (Wildman–Crippen LogP) is 3.57. The highest BCUT2D eigenvalue weighted by Gasteiger charge is 2.58. The van der Waals surface area contributed by atoms with Crippen LogP contribution in [-0.2, 0) is 15.4 Å². The van der Waals surface area contributed by atoms with Crippen molar-refractivity contribution in [3.8, 4) is 0 Å². The molecular formula is C12H13BrF4N2O2S2. The molecule has 0 amide bonds. The number of hydrogen-bond acceptors (Lipinski definition) is 4. The van der Waals surface area contributed by atoms with Gasteiger partial charge in [0, 0.05) is 0 Å². The molecule has 2 heterocycles. The fraction of sp³-hybridized carbons (Fsp3) is 0.583. The number of alkyl halides is 3. The van der Waals surface area contributed by atoms with Crippen molar-refractivity contribution in [1.29, 1.82) is 5.41 Å². The monoisotopic (exact) mass is 436 g/mol. The third-order valence-corrected chi connectivity index (χ3v) is 8.35. The molecular weight excluding hydrogens is 424 g/mol. The molecule has 0 saturated carbocycles. The van der Waals surface area contributed by atoms with E-state index in [1.54, 1.807) is 0 Å². The van der Waals surface area contributed by atoms with E-state index in [0.29, 0.717) is 3.79 Å². The van der Waals surface area contributed by atoms with Crippen LogP contribution < -0.4 is 5.32 Å². The Labute approximate surface area is 142 Å². The van der Waals surface area contributed by atoms with Crippen molar-refractivity contribution in [3.63, 3.8) is 0 Å². The number of amidine groups is 1. The Kier molecular flexibility index (Phi) is 4.39. The zero-order valence-corrected chi connectivity index (χ0v) is 15.2. The van der Waals surface area contributed by atoms with Gasteiger partial charge in [0.05, 0.1) is 26.4 Å². The molecule has 23 heavy (non-hydrogen) atoms. The van der Waals surface area contributed by atoms with Crippen LogP contribution in [0.5, 0.6) is 0 Å². The Morgan fingerprint density at radius 1 is 1.43 bits per heavy atom. The largest absolute Gasteiger partial charge is 0.391 e. The lowest BCUT2D eigenvalue weighted by Crippen LogP contribution is -2.65. The van der Waals surface area contributed by atoms with E-state index >= 15 is 0 Å². The average molecular weight is 437 g/mol. The molecule has 2 N–H and O–H groups in total. The summed E-state index contributed by atoms with van der Waals surface area (Å²) in [6.07, 6.45) is -6.42. The first kappa shape index (κ1) is 18.7. The standard InChI is InChI=1S/C12H13BrF4N2O2S2/c1-10(8-6(14)3-7(13)22-8)5-23(20,21)11(2,9(18)19-10)4-12(15,16)17/h3H,4-5H2,1-2H3,(H2,18,19)/t10-,11+/m0/s1. The Morgan fingerprint density at radius 3 is 2.39 bits per heavy atom. The Bertz CT molecular complexity index is 762. The molecule has 1 saturated heterocycles. The summed E-state index contributed by atoms with van der Waals surface area (Å²) in [5, 5.41) is 10.3. The van der Waals surface area contributed by atoms with Crippen LogP contribution >= 0.6 is 27.3 Å². The fourth-order valence-electron chi connectivity index (χ4n) is 2.56. The third kappa shape index (κ3) is 3.27. The van der Waals surface area contributed by atoms with E-state index in [-0.39, 0.29) is 4.88 Å². The van der Waals surface area contributed by atoms with Crippen molar-refractivity contribution in [3.05, 3.63) is 20.5 Å². The first-order valence-electron chi connectivity index (χ1n) is 6.32. The lowest BCUT2D eigenvalue weighted by molar-refractivity contribution is -0.137. The van der Waals surface area contributed by atoms with Crippen molar-refractivity contribution in [2.24, 2.45) is 0 Å². The topological polar surface area (TPSA) is 70.0 Å². The number of sulfone groups is 1. The van der Waals surface area contributed by atoms with E-state index in [1.165, 1.54) is 6.92 Å². The summed E-state index contributed by atoms with van der Waals surface area (Å²) >= 11 is 4.01. The minimum atomic E-state index is -4.75. The van der Waals surface area contributed by atoms with E-state index in [9.17, 15) is 26.0 Å². The molecule has 0 aliphatic carbocycles. The molecule has 0 radical (unpaired) electrons. The highest BCUT2D eigenvalue weighted by Crippen LogP contribution is 2.43. The fourth-order valence-corrected chi connectivity index (χ4v) is 6.24. The van der Waals surface area contributed by atoms with Gasteiger partial charge in [-0.3, -0.25) is 5.41 Å². The van der Waals surface area contributed by atoms with Gasteiger partial charge in [0.2, 0.25) is 0 Å². The second kappa shape index (κ2) is 5.41. The molecule has 1 fully saturated rings. The van der Waals surface area contributed by atoms with Gasteiger partial charge in [-0.1, -0.05) is 0 Å². The molecule has 1 aromatic rings. The summed E-state index contributed by atoms with van der Waals surface area (Å²) in [6.45, 7) is 2.22. The van der Waals surface area contributed by atoms with Crippen molar-refractivity contribution >= 4 is 42.9 Å². The molecule has 11 heteroatoms. The average Bonchev–Trinajstić information content (AvgIpc) is 2.64. The van der Waals surface area contributed by atoms with E-state index in [0.717, 1.165) is 24.3 Å². The molecule has 0 unspecified atom stereocenters. The first-order valence-corrected chi connectivity index (χ1v) is 9.58. The smallest absolute Gasteiger partial charge is 0.361 e. The normalized spacial score (nSPS) is 31.0. The molecule has 2 atom stereocenters. The lowest BCUT2D eigenvalue weighted by Gasteiger charge is -2.44. The molecule has 0 spiro atoms. The van der Waals surface area contributed by atoms with Gasteiger partial charge < -0.3 is 5.32 Å². The van der Waals surface area contributed by atoms with Gasteiger partial charge in [0.15, 0.2) is 9.84 Å². The summed E-state index contributed by atoms with van der Waals surface area (Å²) in [5.74, 6) is -2.20. The summed E-state index contributed by atoms with van der Waals surface area (Å²) in [7, 11) is -4.35. The van der Waals surface area contributed by atoms with Crippen LogP contribution in [0.15, 0.2) is 9.85 Å². The molecule has 2 rings (SSSR count). The number of hydrogen-bond donors (Lipinski definition) is 2. The number of halogens is 5. The zero-order chi connectivity index (χ0) is 17.8. The minimum absolute atomic E-state index is 0.0201. The van der Waals surface area contributed by atoms with Crippen LogP contribution in [0.2, 0.25) is 0 Å². The zero-order valence-electron chi connectivity index (χ0n) is 12.0. The maximum absolute atomic E-state index is 14.0. The molecule has 0 bridgehead atoms. The highest BCUT2D eigenvalue weighted by molar-refractivity contribution is 9.11. The SMILES string of the molecule is C[C@@]1(c2sc(Br)cc2F)CS(=O)(=O)[C@](C)(CC(F)(F)F)C(=N)N1. The number of thiophene rings is 1. The van der Waals surface area contributed by atoms with Crippen molar-refractivity contribution in [1.82, 2.24) is 5.32 Å². The Balaban J connectivity index is 2.49.